The molecular formula is C22H24N6O3. The maximum absolute atomic E-state index is 11.6. The van der Waals surface area contributed by atoms with Gasteiger partial charge in [-0.25, -0.2) is 4.98 Å². The maximum Gasteiger partial charge on any atom is 0.284 e. The number of fused-ring (bicyclic) bond motifs is 1. The van der Waals surface area contributed by atoms with Gasteiger partial charge in [-0.2, -0.15) is 4.98 Å². The van der Waals surface area contributed by atoms with E-state index in [4.69, 9.17) is 14.9 Å². The molecule has 1 aliphatic heterocycles. The average Bonchev–Trinajstić information content (AvgIpc) is 3.23. The predicted molar refractivity (Wildman–Crippen MR) is 120 cm³/mol. The van der Waals surface area contributed by atoms with Gasteiger partial charge >= 0.3 is 0 Å². The highest BCUT2D eigenvalue weighted by Crippen LogP contribution is 2.29. The Hall–Kier alpha value is -3.85. The van der Waals surface area contributed by atoms with Crippen LogP contribution >= 0.6 is 0 Å². The van der Waals surface area contributed by atoms with Crippen molar-refractivity contribution < 1.29 is 13.9 Å². The molecule has 1 aromatic carbocycles. The SMILES string of the molecule is C=C(/C=C(\NC)c1ccccc1)Nc1nc(N2CCOCC2)c2oc(C(N)=O)cc2n1. The second-order valence-electron chi connectivity index (χ2n) is 6.98. The van der Waals surface area contributed by atoms with Gasteiger partial charge < -0.3 is 30.4 Å². The quantitative estimate of drug-likeness (QED) is 0.499. The first-order valence-electron chi connectivity index (χ1n) is 9.90. The number of aromatic nitrogens is 2. The fourth-order valence-corrected chi connectivity index (χ4v) is 3.35. The number of allylic oxidation sites excluding steroid dienone is 1. The summed E-state index contributed by atoms with van der Waals surface area (Å²) in [6.07, 6.45) is 1.88. The highest BCUT2D eigenvalue weighted by molar-refractivity contribution is 5.96. The van der Waals surface area contributed by atoms with Crippen LogP contribution in [0.5, 0.6) is 0 Å². The van der Waals surface area contributed by atoms with E-state index in [1.807, 2.05) is 48.4 Å². The molecule has 0 spiro atoms. The third-order valence-electron chi connectivity index (χ3n) is 4.85. The van der Waals surface area contributed by atoms with Gasteiger partial charge in [-0.1, -0.05) is 36.9 Å². The number of nitrogens with one attached hydrogen (secondary N) is 2. The van der Waals surface area contributed by atoms with Crippen LogP contribution in [0.1, 0.15) is 16.1 Å². The second-order valence-corrected chi connectivity index (χ2v) is 6.98. The van der Waals surface area contributed by atoms with Gasteiger partial charge in [0.15, 0.2) is 17.2 Å². The van der Waals surface area contributed by atoms with E-state index in [1.54, 1.807) is 0 Å². The molecule has 1 fully saturated rings. The Morgan fingerprint density at radius 1 is 1.23 bits per heavy atom. The number of rotatable bonds is 7. The Morgan fingerprint density at radius 2 is 1.97 bits per heavy atom. The van der Waals surface area contributed by atoms with E-state index >= 15 is 0 Å². The monoisotopic (exact) mass is 420 g/mol. The van der Waals surface area contributed by atoms with Crippen LogP contribution in [-0.4, -0.2) is 49.2 Å². The molecule has 4 N–H and O–H groups in total. The minimum Gasteiger partial charge on any atom is -0.445 e. The van der Waals surface area contributed by atoms with E-state index in [0.717, 1.165) is 11.3 Å². The van der Waals surface area contributed by atoms with Gasteiger partial charge in [0.2, 0.25) is 5.95 Å². The minimum atomic E-state index is -0.658. The van der Waals surface area contributed by atoms with E-state index in [2.05, 4.69) is 27.2 Å². The van der Waals surface area contributed by atoms with Crippen LogP contribution < -0.4 is 21.3 Å². The Morgan fingerprint density at radius 3 is 2.65 bits per heavy atom. The van der Waals surface area contributed by atoms with Crippen LogP contribution in [0, 0.1) is 0 Å². The predicted octanol–water partition coefficient (Wildman–Crippen LogP) is 2.34. The van der Waals surface area contributed by atoms with Gasteiger partial charge in [0.1, 0.15) is 5.52 Å². The van der Waals surface area contributed by atoms with Crippen molar-refractivity contribution in [3.05, 3.63) is 66.1 Å². The van der Waals surface area contributed by atoms with Crippen molar-refractivity contribution in [2.75, 3.05) is 43.6 Å². The molecule has 2 aromatic heterocycles. The lowest BCUT2D eigenvalue weighted by Gasteiger charge is -2.27. The van der Waals surface area contributed by atoms with Crippen LogP contribution in [0.4, 0.5) is 11.8 Å². The average molecular weight is 420 g/mol. The lowest BCUT2D eigenvalue weighted by molar-refractivity contribution is 0.0976. The Labute approximate surface area is 179 Å². The molecule has 9 nitrogen and oxygen atoms in total. The van der Waals surface area contributed by atoms with E-state index in [9.17, 15) is 4.79 Å². The summed E-state index contributed by atoms with van der Waals surface area (Å²) in [4.78, 5) is 22.8. The van der Waals surface area contributed by atoms with Crippen molar-refractivity contribution in [1.82, 2.24) is 15.3 Å². The number of nitrogens with two attached hydrogens (primary N) is 1. The number of morpholine rings is 1. The van der Waals surface area contributed by atoms with Crippen molar-refractivity contribution >= 4 is 34.5 Å². The fourth-order valence-electron chi connectivity index (χ4n) is 3.35. The molecule has 0 radical (unpaired) electrons. The van der Waals surface area contributed by atoms with Gasteiger partial charge in [0.25, 0.3) is 5.91 Å². The molecule has 0 unspecified atom stereocenters. The summed E-state index contributed by atoms with van der Waals surface area (Å²) < 4.78 is 11.1. The summed E-state index contributed by atoms with van der Waals surface area (Å²) >= 11 is 0. The Balaban J connectivity index is 1.67. The summed E-state index contributed by atoms with van der Waals surface area (Å²) in [5, 5.41) is 6.31. The largest absolute Gasteiger partial charge is 0.445 e. The van der Waals surface area contributed by atoms with E-state index < -0.39 is 5.91 Å². The number of amides is 1. The standard InChI is InChI=1S/C22H24N6O3/c1-14(12-16(24-2)15-6-4-3-5-7-15)25-22-26-17-13-18(20(23)29)31-19(17)21(27-22)28-8-10-30-11-9-28/h3-7,12-13,24H,1,8-11H2,2H3,(H2,23,29)(H,25,26,27)/b16-12-. The van der Waals surface area contributed by atoms with Gasteiger partial charge in [-0.15, -0.1) is 0 Å². The van der Waals surface area contributed by atoms with Crippen LogP contribution in [-0.2, 0) is 4.74 Å². The third-order valence-corrected chi connectivity index (χ3v) is 4.85. The molecule has 1 aliphatic rings. The molecular weight excluding hydrogens is 396 g/mol. The number of nitrogens with zero attached hydrogens (tertiary/aromatic N) is 3. The zero-order valence-electron chi connectivity index (χ0n) is 17.2. The molecule has 3 heterocycles. The number of benzene rings is 1. The van der Waals surface area contributed by atoms with Crippen molar-refractivity contribution in [3.8, 4) is 0 Å². The normalized spacial score (nSPS) is 14.5. The smallest absolute Gasteiger partial charge is 0.284 e. The first-order chi connectivity index (χ1) is 15.0. The molecule has 31 heavy (non-hydrogen) atoms. The highest BCUT2D eigenvalue weighted by atomic mass is 16.5. The van der Waals surface area contributed by atoms with E-state index in [0.29, 0.717) is 54.9 Å². The topological polar surface area (TPSA) is 119 Å². The molecule has 0 saturated carbocycles. The van der Waals surface area contributed by atoms with Gasteiger partial charge in [0, 0.05) is 37.6 Å². The summed E-state index contributed by atoms with van der Waals surface area (Å²) in [5.41, 5.74) is 8.82. The number of hydrogen-bond acceptors (Lipinski definition) is 8. The number of primary amides is 1. The van der Waals surface area contributed by atoms with Crippen molar-refractivity contribution in [2.24, 2.45) is 5.73 Å². The molecule has 1 amide bonds. The van der Waals surface area contributed by atoms with Gasteiger partial charge in [-0.05, 0) is 11.6 Å². The third kappa shape index (κ3) is 4.51. The van der Waals surface area contributed by atoms with Gasteiger partial charge in [0.05, 0.1) is 13.2 Å². The number of furan rings is 1. The van der Waals surface area contributed by atoms with Crippen LogP contribution in [0.2, 0.25) is 0 Å². The van der Waals surface area contributed by atoms with E-state index in [1.165, 1.54) is 6.07 Å². The summed E-state index contributed by atoms with van der Waals surface area (Å²) in [6, 6.07) is 11.4. The zero-order chi connectivity index (χ0) is 21.8. The number of carbonyl (C=O) groups excluding carboxylic acids is 1. The molecule has 160 valence electrons. The van der Waals surface area contributed by atoms with Crippen molar-refractivity contribution in [1.29, 1.82) is 0 Å². The summed E-state index contributed by atoms with van der Waals surface area (Å²) in [6.45, 7) is 6.54. The first kappa shape index (κ1) is 20.4. The minimum absolute atomic E-state index is 0.0382. The van der Waals surface area contributed by atoms with Crippen molar-refractivity contribution in [3.63, 3.8) is 0 Å². The molecule has 9 heteroatoms. The highest BCUT2D eigenvalue weighted by Gasteiger charge is 2.22. The summed E-state index contributed by atoms with van der Waals surface area (Å²) in [7, 11) is 1.85. The number of ether oxygens (including phenoxy) is 1. The number of carbonyl (C=O) groups is 1. The van der Waals surface area contributed by atoms with E-state index in [-0.39, 0.29) is 5.76 Å². The lowest BCUT2D eigenvalue weighted by Crippen LogP contribution is -2.37. The molecule has 3 aromatic rings. The van der Waals surface area contributed by atoms with Gasteiger partial charge in [-0.3, -0.25) is 4.79 Å². The zero-order valence-corrected chi connectivity index (χ0v) is 17.2. The van der Waals surface area contributed by atoms with Crippen molar-refractivity contribution in [2.45, 2.75) is 0 Å². The molecule has 0 bridgehead atoms. The second kappa shape index (κ2) is 8.88. The first-order valence-corrected chi connectivity index (χ1v) is 9.90. The number of hydrogen-bond donors (Lipinski definition) is 3. The van der Waals surface area contributed by atoms with Crippen LogP contribution in [0.3, 0.4) is 0 Å². The molecule has 0 atom stereocenters. The summed E-state index contributed by atoms with van der Waals surface area (Å²) in [5.74, 6) is 0.304. The fraction of sp³-hybridized carbons (Fsp3) is 0.227. The number of anilines is 2. The lowest BCUT2D eigenvalue weighted by atomic mass is 10.1. The molecule has 1 saturated heterocycles. The maximum atomic E-state index is 11.6. The Kier molecular flexibility index (Phi) is 5.85. The van der Waals surface area contributed by atoms with Crippen LogP contribution in [0.25, 0.3) is 16.8 Å². The van der Waals surface area contributed by atoms with Crippen LogP contribution in [0.15, 0.2) is 59.2 Å². The Bertz CT molecular complexity index is 1130. The molecule has 4 rings (SSSR count). The molecule has 0 aliphatic carbocycles.